The maximum Gasteiger partial charge on any atom is 0.0921 e. The van der Waals surface area contributed by atoms with Crippen LogP contribution >= 0.6 is 0 Å². The summed E-state index contributed by atoms with van der Waals surface area (Å²) in [5.74, 6) is 0.784. The van der Waals surface area contributed by atoms with Gasteiger partial charge in [-0.1, -0.05) is 58.3 Å². The average Bonchev–Trinajstić information content (AvgIpc) is 3.14. The molecule has 4 heteroatoms. The van der Waals surface area contributed by atoms with E-state index in [1.165, 1.54) is 44.2 Å². The van der Waals surface area contributed by atoms with Gasteiger partial charge in [-0.05, 0) is 38.0 Å². The lowest BCUT2D eigenvalue weighted by Crippen LogP contribution is -2.25. The maximum absolute atomic E-state index is 6.22. The molecule has 1 rings (SSSR count). The van der Waals surface area contributed by atoms with E-state index in [9.17, 15) is 0 Å². The number of aromatic nitrogens is 2. The lowest BCUT2D eigenvalue weighted by Gasteiger charge is -2.17. The van der Waals surface area contributed by atoms with Crippen LogP contribution < -0.4 is 11.1 Å². The summed E-state index contributed by atoms with van der Waals surface area (Å²) in [7, 11) is 0. The minimum absolute atomic E-state index is 0.0150. The molecule has 0 amide bonds. The Bertz CT molecular complexity index is 492. The van der Waals surface area contributed by atoms with Crippen LogP contribution in [0, 0.1) is 5.92 Å². The van der Waals surface area contributed by atoms with Gasteiger partial charge in [0.05, 0.1) is 6.33 Å². The van der Waals surface area contributed by atoms with Crippen molar-refractivity contribution < 1.29 is 0 Å². The minimum atomic E-state index is 0.0150. The third-order valence-corrected chi connectivity index (χ3v) is 5.18. The molecule has 1 heterocycles. The van der Waals surface area contributed by atoms with Crippen molar-refractivity contribution in [2.24, 2.45) is 11.7 Å². The van der Waals surface area contributed by atoms with E-state index in [0.717, 1.165) is 49.4 Å². The van der Waals surface area contributed by atoms with Gasteiger partial charge in [0.15, 0.2) is 0 Å². The normalized spacial score (nSPS) is 13.3. The molecule has 0 bridgehead atoms. The standard InChI is InChI=1S/C22H40N4/c1-5-7-13-20(6-2)15-25-19(4)12-10-8-9-11-18(3)22(23)14-21-16-24-17-26-21/h16-17,20,22,25H,3-15,23H2,1-2H3,(H,24,26). The van der Waals surface area contributed by atoms with Crippen molar-refractivity contribution in [2.75, 3.05) is 6.54 Å². The molecule has 0 aromatic carbocycles. The van der Waals surface area contributed by atoms with Crippen molar-refractivity contribution in [1.82, 2.24) is 15.3 Å². The van der Waals surface area contributed by atoms with Gasteiger partial charge in [-0.15, -0.1) is 0 Å². The molecule has 4 N–H and O–H groups in total. The second kappa shape index (κ2) is 13.6. The fourth-order valence-corrected chi connectivity index (χ4v) is 3.15. The van der Waals surface area contributed by atoms with Gasteiger partial charge in [0.2, 0.25) is 0 Å². The Morgan fingerprint density at radius 1 is 1.19 bits per heavy atom. The largest absolute Gasteiger partial charge is 0.389 e. The zero-order valence-corrected chi connectivity index (χ0v) is 17.0. The summed E-state index contributed by atoms with van der Waals surface area (Å²) >= 11 is 0. The first kappa shape index (κ1) is 22.5. The van der Waals surface area contributed by atoms with Crippen molar-refractivity contribution in [1.29, 1.82) is 0 Å². The Balaban J connectivity index is 2.06. The van der Waals surface area contributed by atoms with Crippen LogP contribution in [0.3, 0.4) is 0 Å². The molecule has 0 radical (unpaired) electrons. The number of H-pyrrole nitrogens is 1. The van der Waals surface area contributed by atoms with E-state index in [2.05, 4.69) is 42.3 Å². The highest BCUT2D eigenvalue weighted by Gasteiger charge is 2.09. The third kappa shape index (κ3) is 9.81. The first-order valence-electron chi connectivity index (χ1n) is 10.4. The Labute approximate surface area is 160 Å². The minimum Gasteiger partial charge on any atom is -0.389 e. The highest BCUT2D eigenvalue weighted by atomic mass is 14.9. The van der Waals surface area contributed by atoms with Crippen LogP contribution in [0.4, 0.5) is 0 Å². The van der Waals surface area contributed by atoms with Gasteiger partial charge in [0.1, 0.15) is 0 Å². The van der Waals surface area contributed by atoms with E-state index in [1.54, 1.807) is 6.33 Å². The molecular formula is C22H40N4. The second-order valence-electron chi connectivity index (χ2n) is 7.51. The van der Waals surface area contributed by atoms with E-state index in [1.807, 2.05) is 6.20 Å². The monoisotopic (exact) mass is 360 g/mol. The number of rotatable bonds is 16. The van der Waals surface area contributed by atoms with Crippen LogP contribution in [-0.4, -0.2) is 22.6 Å². The van der Waals surface area contributed by atoms with E-state index < -0.39 is 0 Å². The van der Waals surface area contributed by atoms with Crippen molar-refractivity contribution in [2.45, 2.75) is 84.1 Å². The van der Waals surface area contributed by atoms with Gasteiger partial charge in [-0.3, -0.25) is 0 Å². The van der Waals surface area contributed by atoms with E-state index >= 15 is 0 Å². The molecular weight excluding hydrogens is 320 g/mol. The zero-order valence-electron chi connectivity index (χ0n) is 17.0. The Hall–Kier alpha value is -1.55. The first-order valence-corrected chi connectivity index (χ1v) is 10.4. The Morgan fingerprint density at radius 2 is 1.96 bits per heavy atom. The fraction of sp³-hybridized carbons (Fsp3) is 0.682. The first-order chi connectivity index (χ1) is 12.6. The molecule has 0 saturated carbocycles. The maximum atomic E-state index is 6.22. The molecule has 1 aromatic heterocycles. The predicted octanol–water partition coefficient (Wildman–Crippen LogP) is 5.11. The summed E-state index contributed by atoms with van der Waals surface area (Å²) in [6, 6.07) is 0.0150. The van der Waals surface area contributed by atoms with Gasteiger partial charge < -0.3 is 16.0 Å². The summed E-state index contributed by atoms with van der Waals surface area (Å²) in [6.45, 7) is 14.0. The molecule has 4 nitrogen and oxygen atoms in total. The van der Waals surface area contributed by atoms with Gasteiger partial charge >= 0.3 is 0 Å². The van der Waals surface area contributed by atoms with Gasteiger partial charge in [0.25, 0.3) is 0 Å². The van der Waals surface area contributed by atoms with E-state index in [4.69, 9.17) is 5.73 Å². The van der Waals surface area contributed by atoms with Gasteiger partial charge in [-0.2, -0.15) is 0 Å². The van der Waals surface area contributed by atoms with Gasteiger partial charge in [0, 0.05) is 36.6 Å². The molecule has 2 unspecified atom stereocenters. The lowest BCUT2D eigenvalue weighted by atomic mass is 9.98. The Kier molecular flexibility index (Phi) is 11.8. The van der Waals surface area contributed by atoms with E-state index in [-0.39, 0.29) is 6.04 Å². The number of aromatic amines is 1. The predicted molar refractivity (Wildman–Crippen MR) is 113 cm³/mol. The van der Waals surface area contributed by atoms with Crippen molar-refractivity contribution in [3.8, 4) is 0 Å². The SMILES string of the molecule is C=C(CCCCCC(=C)C(N)Cc1cnc[nH]1)NCC(CC)CCCC. The van der Waals surface area contributed by atoms with Crippen molar-refractivity contribution in [3.63, 3.8) is 0 Å². The fourth-order valence-electron chi connectivity index (χ4n) is 3.15. The van der Waals surface area contributed by atoms with Crippen LogP contribution in [0.25, 0.3) is 0 Å². The Morgan fingerprint density at radius 3 is 2.62 bits per heavy atom. The highest BCUT2D eigenvalue weighted by Crippen LogP contribution is 2.15. The van der Waals surface area contributed by atoms with Crippen LogP contribution in [-0.2, 0) is 6.42 Å². The van der Waals surface area contributed by atoms with Crippen molar-refractivity contribution >= 4 is 0 Å². The number of nitrogens with one attached hydrogen (secondary N) is 2. The third-order valence-electron chi connectivity index (χ3n) is 5.18. The van der Waals surface area contributed by atoms with Crippen molar-refractivity contribution in [3.05, 3.63) is 42.6 Å². The molecule has 0 aliphatic carbocycles. The molecule has 0 aliphatic heterocycles. The number of nitrogens with zero attached hydrogens (tertiary/aromatic N) is 1. The highest BCUT2D eigenvalue weighted by molar-refractivity contribution is 5.10. The topological polar surface area (TPSA) is 66.7 Å². The zero-order chi connectivity index (χ0) is 19.2. The summed E-state index contributed by atoms with van der Waals surface area (Å²) in [5.41, 5.74) is 9.62. The number of imidazole rings is 1. The number of nitrogens with two attached hydrogens (primary N) is 1. The summed E-state index contributed by atoms with van der Waals surface area (Å²) in [6.07, 6.45) is 15.1. The molecule has 0 saturated heterocycles. The molecule has 0 aliphatic rings. The molecule has 0 spiro atoms. The summed E-state index contributed by atoms with van der Waals surface area (Å²) in [4.78, 5) is 7.13. The molecule has 1 aromatic rings. The molecule has 148 valence electrons. The number of hydrogen-bond acceptors (Lipinski definition) is 3. The molecule has 26 heavy (non-hydrogen) atoms. The number of unbranched alkanes of at least 4 members (excludes halogenated alkanes) is 3. The second-order valence-corrected chi connectivity index (χ2v) is 7.51. The number of hydrogen-bond donors (Lipinski definition) is 3. The molecule has 2 atom stereocenters. The quantitative estimate of drug-likeness (QED) is 0.283. The van der Waals surface area contributed by atoms with Crippen LogP contribution in [0.5, 0.6) is 0 Å². The van der Waals surface area contributed by atoms with E-state index in [0.29, 0.717) is 0 Å². The van der Waals surface area contributed by atoms with Crippen LogP contribution in [0.15, 0.2) is 37.0 Å². The van der Waals surface area contributed by atoms with Crippen LogP contribution in [0.1, 0.15) is 77.3 Å². The smallest absolute Gasteiger partial charge is 0.0921 e. The summed E-state index contributed by atoms with van der Waals surface area (Å²) < 4.78 is 0. The average molecular weight is 361 g/mol. The molecule has 0 fully saturated rings. The van der Waals surface area contributed by atoms with Crippen LogP contribution in [0.2, 0.25) is 0 Å². The lowest BCUT2D eigenvalue weighted by molar-refractivity contribution is 0.432. The van der Waals surface area contributed by atoms with Gasteiger partial charge in [-0.25, -0.2) is 4.98 Å². The number of allylic oxidation sites excluding steroid dienone is 1. The summed E-state index contributed by atoms with van der Waals surface area (Å²) in [5, 5.41) is 3.54.